The topological polar surface area (TPSA) is 67.4 Å². The molecule has 0 spiro atoms. The van der Waals surface area contributed by atoms with Crippen LogP contribution in [0.1, 0.15) is 11.1 Å². The largest absolute Gasteiger partial charge is 0.493 e. The van der Waals surface area contributed by atoms with Crippen LogP contribution in [0.15, 0.2) is 42.7 Å². The fourth-order valence-corrected chi connectivity index (χ4v) is 4.09. The van der Waals surface area contributed by atoms with E-state index in [0.717, 1.165) is 39.3 Å². The van der Waals surface area contributed by atoms with E-state index in [-0.39, 0.29) is 12.5 Å². The highest BCUT2D eigenvalue weighted by molar-refractivity contribution is 5.78. The number of piperazine rings is 1. The lowest BCUT2D eigenvalue weighted by Crippen LogP contribution is -2.45. The Hall–Kier alpha value is -2.68. The summed E-state index contributed by atoms with van der Waals surface area (Å²) in [7, 11) is 1.63. The van der Waals surface area contributed by atoms with Crippen molar-refractivity contribution < 1.29 is 19.0 Å². The Balaban J connectivity index is 1.26. The summed E-state index contributed by atoms with van der Waals surface area (Å²) in [5.74, 6) is 1.23. The minimum absolute atomic E-state index is 0.00853. The molecule has 8 heteroatoms. The smallest absolute Gasteiger partial charge is 0.260 e. The summed E-state index contributed by atoms with van der Waals surface area (Å²) in [5, 5.41) is 0. The van der Waals surface area contributed by atoms with Crippen molar-refractivity contribution >= 4 is 5.91 Å². The lowest BCUT2D eigenvalue weighted by Gasteiger charge is -2.34. The normalized spacial score (nSPS) is 17.8. The quantitative estimate of drug-likeness (QED) is 0.618. The Kier molecular flexibility index (Phi) is 7.92. The molecule has 0 atom stereocenters. The van der Waals surface area contributed by atoms with Crippen LogP contribution in [0.25, 0.3) is 0 Å². The summed E-state index contributed by atoms with van der Waals surface area (Å²) in [4.78, 5) is 23.2. The van der Waals surface area contributed by atoms with E-state index in [1.807, 2.05) is 30.6 Å². The number of pyridine rings is 1. The molecule has 1 aromatic carbocycles. The van der Waals surface area contributed by atoms with Gasteiger partial charge < -0.3 is 19.1 Å². The predicted molar refractivity (Wildman–Crippen MR) is 121 cm³/mol. The lowest BCUT2D eigenvalue weighted by molar-refractivity contribution is -0.137. The van der Waals surface area contributed by atoms with Crippen molar-refractivity contribution in [1.82, 2.24) is 19.7 Å². The molecule has 1 aromatic heterocycles. The summed E-state index contributed by atoms with van der Waals surface area (Å²) in [6.07, 6.45) is 3.75. The first-order valence-electron chi connectivity index (χ1n) is 11.2. The first-order chi connectivity index (χ1) is 15.7. The number of hydrogen-bond acceptors (Lipinski definition) is 7. The first-order valence-corrected chi connectivity index (χ1v) is 11.2. The molecule has 172 valence electrons. The summed E-state index contributed by atoms with van der Waals surface area (Å²) in [6.45, 7) is 8.35. The minimum Gasteiger partial charge on any atom is -0.493 e. The van der Waals surface area contributed by atoms with Crippen LogP contribution in [-0.4, -0.2) is 91.8 Å². The van der Waals surface area contributed by atoms with Gasteiger partial charge in [-0.25, -0.2) is 0 Å². The van der Waals surface area contributed by atoms with Gasteiger partial charge >= 0.3 is 0 Å². The molecule has 0 unspecified atom stereocenters. The van der Waals surface area contributed by atoms with Gasteiger partial charge in [0.2, 0.25) is 0 Å². The molecule has 0 aliphatic carbocycles. The second-order valence-electron chi connectivity index (χ2n) is 8.18. The molecule has 0 radical (unpaired) electrons. The monoisotopic (exact) mass is 440 g/mol. The molecule has 2 saturated heterocycles. The summed E-state index contributed by atoms with van der Waals surface area (Å²) >= 11 is 0. The Morgan fingerprint density at radius 1 is 0.969 bits per heavy atom. The third-order valence-corrected chi connectivity index (χ3v) is 5.94. The van der Waals surface area contributed by atoms with Crippen molar-refractivity contribution in [1.29, 1.82) is 0 Å². The number of nitrogens with zero attached hydrogens (tertiary/aromatic N) is 4. The van der Waals surface area contributed by atoms with Gasteiger partial charge in [-0.05, 0) is 29.3 Å². The van der Waals surface area contributed by atoms with E-state index < -0.39 is 0 Å². The van der Waals surface area contributed by atoms with Crippen molar-refractivity contribution in [2.75, 3.05) is 66.2 Å². The first kappa shape index (κ1) is 22.5. The average Bonchev–Trinajstić information content (AvgIpc) is 2.85. The van der Waals surface area contributed by atoms with Crippen molar-refractivity contribution in [3.63, 3.8) is 0 Å². The molecular formula is C24H32N4O4. The second kappa shape index (κ2) is 11.3. The van der Waals surface area contributed by atoms with Crippen LogP contribution in [0.2, 0.25) is 0 Å². The number of ether oxygens (including phenoxy) is 3. The van der Waals surface area contributed by atoms with Crippen LogP contribution in [0, 0.1) is 0 Å². The summed E-state index contributed by atoms with van der Waals surface area (Å²) < 4.78 is 16.6. The lowest BCUT2D eigenvalue weighted by atomic mass is 10.1. The van der Waals surface area contributed by atoms with Gasteiger partial charge in [-0.3, -0.25) is 19.6 Å². The van der Waals surface area contributed by atoms with Gasteiger partial charge in [0.1, 0.15) is 0 Å². The molecule has 32 heavy (non-hydrogen) atoms. The van der Waals surface area contributed by atoms with Crippen LogP contribution in [0.5, 0.6) is 11.5 Å². The highest BCUT2D eigenvalue weighted by Crippen LogP contribution is 2.29. The van der Waals surface area contributed by atoms with Gasteiger partial charge in [-0.2, -0.15) is 0 Å². The number of amides is 1. The second-order valence-corrected chi connectivity index (χ2v) is 8.18. The SMILES string of the molecule is COc1cc(CN2CCN(Cc3cccnc3)CC2)ccc1OCC(=O)N1CCOCC1. The standard InChI is InChI=1S/C24H32N4O4/c1-30-23-15-20(4-5-22(23)32-19-24(29)28-11-13-31-14-12-28)17-26-7-9-27(10-8-26)18-21-3-2-6-25-16-21/h2-6,15-16H,7-14,17-19H2,1H3. The molecule has 0 saturated carbocycles. The molecule has 1 amide bonds. The summed E-state index contributed by atoms with van der Waals surface area (Å²) in [5.41, 5.74) is 2.43. The van der Waals surface area contributed by atoms with Crippen molar-refractivity contribution in [3.05, 3.63) is 53.9 Å². The van der Waals surface area contributed by atoms with Crippen molar-refractivity contribution in [2.24, 2.45) is 0 Å². The van der Waals surface area contributed by atoms with Crippen LogP contribution < -0.4 is 9.47 Å². The number of aromatic nitrogens is 1. The number of morpholine rings is 1. The molecule has 0 N–H and O–H groups in total. The molecule has 8 nitrogen and oxygen atoms in total. The van der Waals surface area contributed by atoms with E-state index in [0.29, 0.717) is 37.8 Å². The molecule has 2 aliphatic heterocycles. The Bertz CT molecular complexity index is 866. The minimum atomic E-state index is -0.0245. The van der Waals surface area contributed by atoms with Crippen LogP contribution in [-0.2, 0) is 22.6 Å². The molecule has 4 rings (SSSR count). The number of carbonyl (C=O) groups excluding carboxylic acids is 1. The zero-order valence-corrected chi connectivity index (χ0v) is 18.7. The van der Waals surface area contributed by atoms with E-state index in [1.54, 1.807) is 12.0 Å². The zero-order chi connectivity index (χ0) is 22.2. The highest BCUT2D eigenvalue weighted by Gasteiger charge is 2.20. The number of methoxy groups -OCH3 is 1. The molecule has 3 heterocycles. The Labute approximate surface area is 189 Å². The molecule has 2 fully saturated rings. The fourth-order valence-electron chi connectivity index (χ4n) is 4.09. The third kappa shape index (κ3) is 6.18. The maximum atomic E-state index is 12.3. The maximum absolute atomic E-state index is 12.3. The maximum Gasteiger partial charge on any atom is 0.260 e. The average molecular weight is 441 g/mol. The van der Waals surface area contributed by atoms with E-state index >= 15 is 0 Å². The van der Waals surface area contributed by atoms with Crippen molar-refractivity contribution in [3.8, 4) is 11.5 Å². The van der Waals surface area contributed by atoms with Gasteiger partial charge in [0.15, 0.2) is 18.1 Å². The number of benzene rings is 1. The van der Waals surface area contributed by atoms with Gasteiger partial charge in [0.25, 0.3) is 5.91 Å². The number of hydrogen-bond donors (Lipinski definition) is 0. The van der Waals surface area contributed by atoms with Crippen LogP contribution >= 0.6 is 0 Å². The van der Waals surface area contributed by atoms with Crippen LogP contribution in [0.3, 0.4) is 0 Å². The van der Waals surface area contributed by atoms with E-state index in [1.165, 1.54) is 11.1 Å². The fraction of sp³-hybridized carbons (Fsp3) is 0.500. The van der Waals surface area contributed by atoms with Crippen LogP contribution in [0.4, 0.5) is 0 Å². The Morgan fingerprint density at radius 3 is 2.34 bits per heavy atom. The van der Waals surface area contributed by atoms with E-state index in [2.05, 4.69) is 26.9 Å². The predicted octanol–water partition coefficient (Wildman–Crippen LogP) is 1.65. The Morgan fingerprint density at radius 2 is 1.69 bits per heavy atom. The third-order valence-electron chi connectivity index (χ3n) is 5.94. The van der Waals surface area contributed by atoms with Crippen molar-refractivity contribution in [2.45, 2.75) is 13.1 Å². The number of carbonyl (C=O) groups is 1. The van der Waals surface area contributed by atoms with E-state index in [4.69, 9.17) is 14.2 Å². The zero-order valence-electron chi connectivity index (χ0n) is 18.7. The molecule has 0 bridgehead atoms. The highest BCUT2D eigenvalue weighted by atomic mass is 16.5. The van der Waals surface area contributed by atoms with Gasteiger partial charge in [-0.15, -0.1) is 0 Å². The number of rotatable bonds is 8. The molecule has 2 aromatic rings. The summed E-state index contributed by atoms with van der Waals surface area (Å²) in [6, 6.07) is 10.1. The van der Waals surface area contributed by atoms with Gasteiger partial charge in [0.05, 0.1) is 20.3 Å². The van der Waals surface area contributed by atoms with Gasteiger partial charge in [-0.1, -0.05) is 12.1 Å². The van der Waals surface area contributed by atoms with Gasteiger partial charge in [0, 0.05) is 64.8 Å². The molecule has 2 aliphatic rings. The van der Waals surface area contributed by atoms with E-state index in [9.17, 15) is 4.79 Å². The molecular weight excluding hydrogens is 408 g/mol.